The van der Waals surface area contributed by atoms with Gasteiger partial charge >= 0.3 is 5.69 Å². The number of aromatic amines is 1. The van der Waals surface area contributed by atoms with Crippen LogP contribution in [0, 0.1) is 5.82 Å². The van der Waals surface area contributed by atoms with Gasteiger partial charge in [-0.3, -0.25) is 14.3 Å². The van der Waals surface area contributed by atoms with E-state index in [2.05, 4.69) is 10.3 Å². The molecule has 0 saturated heterocycles. The molecule has 0 fully saturated rings. The Bertz CT molecular complexity index is 824. The number of anilines is 1. The Hall–Kier alpha value is -2.37. The Kier molecular flexibility index (Phi) is 2.97. The van der Waals surface area contributed by atoms with Gasteiger partial charge in [-0.05, 0) is 37.5 Å². The number of fused-ring (bicyclic) bond motifs is 1. The normalized spacial score (nSPS) is 20.7. The lowest BCUT2D eigenvalue weighted by Crippen LogP contribution is -2.43. The van der Waals surface area contributed by atoms with Crippen LogP contribution in [0.15, 0.2) is 33.9 Å². The van der Waals surface area contributed by atoms with E-state index in [9.17, 15) is 14.0 Å². The minimum absolute atomic E-state index is 0.289. The second-order valence-electron chi connectivity index (χ2n) is 5.62. The maximum Gasteiger partial charge on any atom is 0.329 e. The Morgan fingerprint density at radius 2 is 2.10 bits per heavy atom. The molecular weight excluding hydrogens is 273 g/mol. The van der Waals surface area contributed by atoms with Crippen molar-refractivity contribution in [2.75, 3.05) is 5.32 Å². The lowest BCUT2D eigenvalue weighted by atomic mass is 9.83. The molecule has 0 bridgehead atoms. The Morgan fingerprint density at radius 3 is 2.81 bits per heavy atom. The first-order chi connectivity index (χ1) is 9.90. The fraction of sp³-hybridized carbons (Fsp3) is 0.333. The van der Waals surface area contributed by atoms with Gasteiger partial charge in [0.2, 0.25) is 0 Å². The Morgan fingerprint density at radius 1 is 1.33 bits per heavy atom. The van der Waals surface area contributed by atoms with Crippen LogP contribution in [0.3, 0.4) is 0 Å². The van der Waals surface area contributed by atoms with Crippen molar-refractivity contribution in [3.63, 3.8) is 0 Å². The van der Waals surface area contributed by atoms with Crippen molar-refractivity contribution in [2.24, 2.45) is 7.05 Å². The molecule has 110 valence electrons. The van der Waals surface area contributed by atoms with E-state index >= 15 is 0 Å². The molecule has 0 spiro atoms. The number of benzene rings is 1. The first-order valence-electron chi connectivity index (χ1n) is 6.77. The quantitative estimate of drug-likeness (QED) is 0.836. The van der Waals surface area contributed by atoms with Gasteiger partial charge in [0.25, 0.3) is 5.56 Å². The van der Waals surface area contributed by atoms with Crippen LogP contribution in [0.5, 0.6) is 0 Å². The predicted octanol–water partition coefficient (Wildman–Crippen LogP) is 1.49. The molecule has 5 nitrogen and oxygen atoms in total. The fourth-order valence-corrected chi connectivity index (χ4v) is 2.77. The Balaban J connectivity index is 2.09. The lowest BCUT2D eigenvalue weighted by Gasteiger charge is -2.36. The molecule has 1 aliphatic rings. The van der Waals surface area contributed by atoms with Crippen molar-refractivity contribution >= 4 is 5.82 Å². The van der Waals surface area contributed by atoms with E-state index in [1.54, 1.807) is 6.07 Å². The number of rotatable bonds is 1. The highest BCUT2D eigenvalue weighted by atomic mass is 19.1. The number of halogens is 1. The maximum absolute atomic E-state index is 13.4. The molecular formula is C15H16FN3O2. The van der Waals surface area contributed by atoms with E-state index in [1.165, 1.54) is 19.2 Å². The summed E-state index contributed by atoms with van der Waals surface area (Å²) >= 11 is 0. The average molecular weight is 289 g/mol. The number of H-pyrrole nitrogens is 1. The van der Waals surface area contributed by atoms with E-state index in [0.717, 1.165) is 10.1 Å². The summed E-state index contributed by atoms with van der Waals surface area (Å²) in [4.78, 5) is 26.5. The molecule has 6 heteroatoms. The highest BCUT2D eigenvalue weighted by Crippen LogP contribution is 2.34. The Labute approximate surface area is 120 Å². The van der Waals surface area contributed by atoms with Crippen molar-refractivity contribution in [1.29, 1.82) is 0 Å². The van der Waals surface area contributed by atoms with Gasteiger partial charge < -0.3 is 5.32 Å². The zero-order valence-electron chi connectivity index (χ0n) is 11.9. The van der Waals surface area contributed by atoms with Crippen molar-refractivity contribution in [3.05, 3.63) is 62.0 Å². The monoisotopic (exact) mass is 289 g/mol. The molecule has 0 radical (unpaired) electrons. The second-order valence-corrected chi connectivity index (χ2v) is 5.62. The molecule has 0 amide bonds. The van der Waals surface area contributed by atoms with Crippen molar-refractivity contribution in [3.8, 4) is 0 Å². The van der Waals surface area contributed by atoms with E-state index in [4.69, 9.17) is 0 Å². The SMILES string of the molecule is Cn1c(=O)[nH]c2c(c1=O)CCC(C)(c1cccc(F)c1)N2. The highest BCUT2D eigenvalue weighted by molar-refractivity contribution is 5.50. The third kappa shape index (κ3) is 2.16. The molecule has 21 heavy (non-hydrogen) atoms. The van der Waals surface area contributed by atoms with E-state index in [0.29, 0.717) is 24.2 Å². The lowest BCUT2D eigenvalue weighted by molar-refractivity contribution is 0.466. The topological polar surface area (TPSA) is 66.9 Å². The summed E-state index contributed by atoms with van der Waals surface area (Å²) < 4.78 is 14.5. The summed E-state index contributed by atoms with van der Waals surface area (Å²) in [7, 11) is 1.45. The van der Waals surface area contributed by atoms with Gasteiger partial charge in [0.15, 0.2) is 0 Å². The fourth-order valence-electron chi connectivity index (χ4n) is 2.77. The number of nitrogens with zero attached hydrogens (tertiary/aromatic N) is 1. The summed E-state index contributed by atoms with van der Waals surface area (Å²) in [6.45, 7) is 1.93. The molecule has 1 atom stereocenters. The van der Waals surface area contributed by atoms with Crippen LogP contribution in [0.1, 0.15) is 24.5 Å². The molecule has 0 saturated carbocycles. The van der Waals surface area contributed by atoms with Crippen molar-refractivity contribution in [2.45, 2.75) is 25.3 Å². The van der Waals surface area contributed by atoms with E-state index < -0.39 is 11.2 Å². The molecule has 0 aliphatic carbocycles. The first-order valence-corrected chi connectivity index (χ1v) is 6.77. The zero-order chi connectivity index (χ0) is 15.2. The molecule has 1 aromatic carbocycles. The van der Waals surface area contributed by atoms with Crippen LogP contribution in [0.4, 0.5) is 10.2 Å². The van der Waals surface area contributed by atoms with Gasteiger partial charge in [-0.1, -0.05) is 12.1 Å². The molecule has 1 unspecified atom stereocenters. The van der Waals surface area contributed by atoms with Crippen LogP contribution < -0.4 is 16.6 Å². The van der Waals surface area contributed by atoms with Gasteiger partial charge in [0, 0.05) is 7.05 Å². The number of aromatic nitrogens is 2. The van der Waals surface area contributed by atoms with E-state index in [1.807, 2.05) is 13.0 Å². The molecule has 2 heterocycles. The van der Waals surface area contributed by atoms with Gasteiger partial charge in [0.05, 0.1) is 11.1 Å². The summed E-state index contributed by atoms with van der Waals surface area (Å²) in [6.07, 6.45) is 1.17. The van der Waals surface area contributed by atoms with Crippen LogP contribution in [-0.4, -0.2) is 9.55 Å². The van der Waals surface area contributed by atoms with Gasteiger partial charge in [-0.2, -0.15) is 0 Å². The third-order valence-corrected chi connectivity index (χ3v) is 4.14. The number of hydrogen-bond donors (Lipinski definition) is 2. The maximum atomic E-state index is 13.4. The van der Waals surface area contributed by atoms with Crippen LogP contribution in [0.25, 0.3) is 0 Å². The van der Waals surface area contributed by atoms with Crippen LogP contribution >= 0.6 is 0 Å². The summed E-state index contributed by atoms with van der Waals surface area (Å²) in [5, 5.41) is 3.19. The zero-order valence-corrected chi connectivity index (χ0v) is 11.9. The minimum Gasteiger partial charge on any atom is -0.362 e. The molecule has 1 aromatic heterocycles. The first kappa shape index (κ1) is 13.6. The standard InChI is InChI=1S/C15H16FN3O2/c1-15(9-4-3-5-10(16)8-9)7-6-11-12(18-15)17-14(21)19(2)13(11)20/h3-5,8,18H,6-7H2,1-2H3,(H,17,21). The van der Waals surface area contributed by atoms with E-state index in [-0.39, 0.29) is 11.4 Å². The average Bonchev–Trinajstić information content (AvgIpc) is 2.45. The molecule has 3 rings (SSSR count). The summed E-state index contributed by atoms with van der Waals surface area (Å²) in [6, 6.07) is 6.35. The third-order valence-electron chi connectivity index (χ3n) is 4.14. The van der Waals surface area contributed by atoms with Crippen LogP contribution in [-0.2, 0) is 19.0 Å². The van der Waals surface area contributed by atoms with Crippen molar-refractivity contribution in [1.82, 2.24) is 9.55 Å². The highest BCUT2D eigenvalue weighted by Gasteiger charge is 2.33. The predicted molar refractivity (Wildman–Crippen MR) is 78.0 cm³/mol. The largest absolute Gasteiger partial charge is 0.362 e. The van der Waals surface area contributed by atoms with Gasteiger partial charge in [-0.25, -0.2) is 9.18 Å². The number of hydrogen-bond acceptors (Lipinski definition) is 3. The molecule has 2 N–H and O–H groups in total. The smallest absolute Gasteiger partial charge is 0.329 e. The van der Waals surface area contributed by atoms with Gasteiger partial charge in [0.1, 0.15) is 11.6 Å². The summed E-state index contributed by atoms with van der Waals surface area (Å²) in [5.41, 5.74) is 0.0719. The van der Waals surface area contributed by atoms with Gasteiger partial charge in [-0.15, -0.1) is 0 Å². The molecule has 2 aromatic rings. The number of nitrogens with one attached hydrogen (secondary N) is 2. The minimum atomic E-state index is -0.523. The second kappa shape index (κ2) is 4.58. The van der Waals surface area contributed by atoms with Crippen molar-refractivity contribution < 1.29 is 4.39 Å². The molecule has 1 aliphatic heterocycles. The summed E-state index contributed by atoms with van der Waals surface area (Å²) in [5.74, 6) is 0.125. The van der Waals surface area contributed by atoms with Crippen LogP contribution in [0.2, 0.25) is 0 Å².